The minimum absolute atomic E-state index is 0.0927. The molecule has 1 aliphatic heterocycles. The van der Waals surface area contributed by atoms with Crippen molar-refractivity contribution in [3.05, 3.63) is 71.3 Å². The summed E-state index contributed by atoms with van der Waals surface area (Å²) in [5.74, 6) is -0.239. The first-order valence-electron chi connectivity index (χ1n) is 10.1. The Hall–Kier alpha value is -2.70. The minimum atomic E-state index is -0.332. The first-order chi connectivity index (χ1) is 14.1. The highest BCUT2D eigenvalue weighted by atomic mass is 16.5. The van der Waals surface area contributed by atoms with E-state index in [4.69, 9.17) is 4.74 Å². The van der Waals surface area contributed by atoms with Gasteiger partial charge in [0.1, 0.15) is 0 Å². The Morgan fingerprint density at radius 3 is 2.45 bits per heavy atom. The molecule has 29 heavy (non-hydrogen) atoms. The average molecular weight is 396 g/mol. The molecule has 2 aromatic carbocycles. The van der Waals surface area contributed by atoms with Gasteiger partial charge in [-0.25, -0.2) is 4.79 Å². The van der Waals surface area contributed by atoms with E-state index in [-0.39, 0.29) is 24.0 Å². The van der Waals surface area contributed by atoms with Crippen molar-refractivity contribution >= 4 is 11.9 Å². The highest BCUT2D eigenvalue weighted by Gasteiger charge is 2.36. The maximum Gasteiger partial charge on any atom is 0.337 e. The number of methoxy groups -OCH3 is 1. The molecule has 6 heteroatoms. The molecule has 0 unspecified atom stereocenters. The van der Waals surface area contributed by atoms with Crippen molar-refractivity contribution in [3.63, 3.8) is 0 Å². The number of rotatable bonds is 8. The van der Waals surface area contributed by atoms with Crippen LogP contribution in [0.2, 0.25) is 0 Å². The Bertz CT molecular complexity index is 808. The summed E-state index contributed by atoms with van der Waals surface area (Å²) in [6.45, 7) is 4.85. The van der Waals surface area contributed by atoms with Crippen LogP contribution in [0.25, 0.3) is 0 Å². The van der Waals surface area contributed by atoms with Gasteiger partial charge in [0.2, 0.25) is 5.91 Å². The van der Waals surface area contributed by atoms with Gasteiger partial charge in [-0.15, -0.1) is 0 Å². The number of likely N-dealkylation sites (N-methyl/N-ethyl adjacent to an activating group) is 1. The van der Waals surface area contributed by atoms with Crippen LogP contribution in [0.1, 0.15) is 34.8 Å². The molecule has 2 N–H and O–H groups in total. The molecular weight excluding hydrogens is 366 g/mol. The Kier molecular flexibility index (Phi) is 7.38. The van der Waals surface area contributed by atoms with Crippen LogP contribution in [0.5, 0.6) is 0 Å². The summed E-state index contributed by atoms with van der Waals surface area (Å²) in [6, 6.07) is 17.8. The zero-order valence-corrected chi connectivity index (χ0v) is 17.1. The number of esters is 1. The van der Waals surface area contributed by atoms with E-state index in [9.17, 15) is 9.59 Å². The fraction of sp³-hybridized carbons (Fsp3) is 0.391. The summed E-state index contributed by atoms with van der Waals surface area (Å²) in [5.41, 5.74) is 2.84. The molecule has 2 atom stereocenters. The lowest BCUT2D eigenvalue weighted by atomic mass is 10.1. The zero-order chi connectivity index (χ0) is 20.6. The molecule has 0 radical (unpaired) electrons. The summed E-state index contributed by atoms with van der Waals surface area (Å²) in [7, 11) is 1.38. The van der Waals surface area contributed by atoms with E-state index >= 15 is 0 Å². The number of ether oxygens (including phenoxy) is 1. The number of carbonyl (C=O) groups is 2. The molecule has 1 aliphatic rings. The number of hydrogen-bond acceptors (Lipinski definition) is 5. The number of carbonyl (C=O) groups excluding carboxylic acids is 2. The third-order valence-corrected chi connectivity index (χ3v) is 5.26. The third kappa shape index (κ3) is 5.65. The van der Waals surface area contributed by atoms with Gasteiger partial charge in [0.05, 0.1) is 18.7 Å². The van der Waals surface area contributed by atoms with Crippen LogP contribution in [0.15, 0.2) is 54.6 Å². The van der Waals surface area contributed by atoms with Crippen molar-refractivity contribution in [3.8, 4) is 0 Å². The molecule has 154 valence electrons. The van der Waals surface area contributed by atoms with Crippen molar-refractivity contribution in [1.82, 2.24) is 15.5 Å². The standard InChI is InChI=1S/C23H29N3O3/c1-3-24-22(27)21-13-20(16-26(21)15-18-7-5-4-6-8-18)25-14-17-9-11-19(12-10-17)23(28)29-2/h4-12,20-21,25H,3,13-16H2,1-2H3,(H,24,27)/t20-,21-/m0/s1. The highest BCUT2D eigenvalue weighted by Crippen LogP contribution is 2.21. The monoisotopic (exact) mass is 395 g/mol. The Labute approximate surface area is 172 Å². The lowest BCUT2D eigenvalue weighted by Gasteiger charge is -2.23. The van der Waals surface area contributed by atoms with Crippen molar-refractivity contribution in [1.29, 1.82) is 0 Å². The maximum absolute atomic E-state index is 12.6. The zero-order valence-electron chi connectivity index (χ0n) is 17.1. The van der Waals surface area contributed by atoms with E-state index in [1.165, 1.54) is 12.7 Å². The van der Waals surface area contributed by atoms with Gasteiger partial charge in [0.25, 0.3) is 0 Å². The molecule has 1 amide bonds. The fourth-order valence-electron chi connectivity index (χ4n) is 3.75. The normalized spacial score (nSPS) is 19.1. The van der Waals surface area contributed by atoms with Gasteiger partial charge in [0.15, 0.2) is 0 Å². The lowest BCUT2D eigenvalue weighted by Crippen LogP contribution is -2.42. The van der Waals surface area contributed by atoms with E-state index in [1.54, 1.807) is 12.1 Å². The number of likely N-dealkylation sites (tertiary alicyclic amines) is 1. The predicted octanol–water partition coefficient (Wildman–Crippen LogP) is 2.34. The first-order valence-corrected chi connectivity index (χ1v) is 10.1. The molecule has 6 nitrogen and oxygen atoms in total. The number of nitrogens with zero attached hydrogens (tertiary/aromatic N) is 1. The summed E-state index contributed by atoms with van der Waals surface area (Å²) >= 11 is 0. The predicted molar refractivity (Wildman–Crippen MR) is 112 cm³/mol. The molecule has 1 saturated heterocycles. The number of hydrogen-bond donors (Lipinski definition) is 2. The van der Waals surface area contributed by atoms with Crippen LogP contribution in [-0.2, 0) is 22.6 Å². The quantitative estimate of drug-likeness (QED) is 0.672. The van der Waals surface area contributed by atoms with Crippen LogP contribution >= 0.6 is 0 Å². The second-order valence-corrected chi connectivity index (χ2v) is 7.33. The smallest absolute Gasteiger partial charge is 0.337 e. The van der Waals surface area contributed by atoms with Crippen molar-refractivity contribution < 1.29 is 14.3 Å². The van der Waals surface area contributed by atoms with Crippen LogP contribution in [-0.4, -0.2) is 49.1 Å². The third-order valence-electron chi connectivity index (χ3n) is 5.26. The van der Waals surface area contributed by atoms with Crippen LogP contribution < -0.4 is 10.6 Å². The Balaban J connectivity index is 1.60. The molecule has 0 spiro atoms. The van der Waals surface area contributed by atoms with Crippen molar-refractivity contribution in [2.24, 2.45) is 0 Å². The largest absolute Gasteiger partial charge is 0.465 e. The lowest BCUT2D eigenvalue weighted by molar-refractivity contribution is -0.125. The molecule has 3 rings (SSSR count). The number of nitrogens with one attached hydrogen (secondary N) is 2. The van der Waals surface area contributed by atoms with Gasteiger partial charge >= 0.3 is 5.97 Å². The van der Waals surface area contributed by atoms with Gasteiger partial charge in [0, 0.05) is 32.2 Å². The number of benzene rings is 2. The highest BCUT2D eigenvalue weighted by molar-refractivity contribution is 5.89. The average Bonchev–Trinajstić information content (AvgIpc) is 3.15. The molecule has 0 saturated carbocycles. The molecule has 0 aromatic heterocycles. The molecule has 1 fully saturated rings. The SMILES string of the molecule is CCNC(=O)[C@@H]1C[C@H](NCc2ccc(C(=O)OC)cc2)CN1Cc1ccccc1. The molecule has 1 heterocycles. The molecule has 0 aliphatic carbocycles. The molecule has 2 aromatic rings. The van der Waals surface area contributed by atoms with E-state index in [0.29, 0.717) is 18.7 Å². The Morgan fingerprint density at radius 1 is 1.07 bits per heavy atom. The minimum Gasteiger partial charge on any atom is -0.465 e. The van der Waals surface area contributed by atoms with Crippen LogP contribution in [0, 0.1) is 0 Å². The summed E-state index contributed by atoms with van der Waals surface area (Å²) < 4.78 is 4.73. The molecular formula is C23H29N3O3. The van der Waals surface area contributed by atoms with Gasteiger partial charge in [-0.1, -0.05) is 42.5 Å². The van der Waals surface area contributed by atoms with E-state index < -0.39 is 0 Å². The Morgan fingerprint density at radius 2 is 1.79 bits per heavy atom. The van der Waals surface area contributed by atoms with E-state index in [1.807, 2.05) is 37.3 Å². The summed E-state index contributed by atoms with van der Waals surface area (Å²) in [6.07, 6.45) is 0.777. The van der Waals surface area contributed by atoms with E-state index in [2.05, 4.69) is 27.7 Å². The molecule has 0 bridgehead atoms. The summed E-state index contributed by atoms with van der Waals surface area (Å²) in [4.78, 5) is 26.4. The number of amides is 1. The van der Waals surface area contributed by atoms with Crippen molar-refractivity contribution in [2.45, 2.75) is 38.5 Å². The topological polar surface area (TPSA) is 70.7 Å². The summed E-state index contributed by atoms with van der Waals surface area (Å²) in [5, 5.41) is 6.53. The van der Waals surface area contributed by atoms with E-state index in [0.717, 1.165) is 25.1 Å². The second-order valence-electron chi connectivity index (χ2n) is 7.33. The van der Waals surface area contributed by atoms with Crippen molar-refractivity contribution in [2.75, 3.05) is 20.2 Å². The maximum atomic E-state index is 12.6. The van der Waals surface area contributed by atoms with Gasteiger partial charge in [-0.2, -0.15) is 0 Å². The van der Waals surface area contributed by atoms with Gasteiger partial charge in [-0.3, -0.25) is 9.69 Å². The first kappa shape index (κ1) is 21.0. The second kappa shape index (κ2) is 10.2. The van der Waals surface area contributed by atoms with Gasteiger partial charge < -0.3 is 15.4 Å². The fourth-order valence-corrected chi connectivity index (χ4v) is 3.75. The van der Waals surface area contributed by atoms with Crippen LogP contribution in [0.4, 0.5) is 0 Å². The van der Waals surface area contributed by atoms with Crippen LogP contribution in [0.3, 0.4) is 0 Å². The van der Waals surface area contributed by atoms with Gasteiger partial charge in [-0.05, 0) is 36.6 Å².